The summed E-state index contributed by atoms with van der Waals surface area (Å²) in [5.41, 5.74) is 0.919. The summed E-state index contributed by atoms with van der Waals surface area (Å²) >= 11 is 0. The zero-order valence-electron chi connectivity index (χ0n) is 15.6. The number of fused-ring (bicyclic) bond motifs is 1. The number of nitrogens with zero attached hydrogens (tertiary/aromatic N) is 2. The molecule has 9 nitrogen and oxygen atoms in total. The molecular formula is C19H17N3O6S. The molecule has 2 aromatic rings. The van der Waals surface area contributed by atoms with Crippen LogP contribution in [0, 0.1) is 0 Å². The molecule has 29 heavy (non-hydrogen) atoms. The lowest BCUT2D eigenvalue weighted by Gasteiger charge is -2.24. The van der Waals surface area contributed by atoms with Crippen molar-refractivity contribution < 1.29 is 27.4 Å². The first-order valence-corrected chi connectivity index (χ1v) is 9.93. The molecule has 10 heteroatoms. The van der Waals surface area contributed by atoms with Gasteiger partial charge < -0.3 is 19.5 Å². The van der Waals surface area contributed by atoms with Crippen molar-refractivity contribution in [3.63, 3.8) is 0 Å². The van der Waals surface area contributed by atoms with Crippen LogP contribution in [0.15, 0.2) is 58.6 Å². The number of benzene rings is 2. The first-order valence-electron chi connectivity index (χ1n) is 8.54. The quantitative estimate of drug-likeness (QED) is 0.818. The third-order valence-electron chi connectivity index (χ3n) is 4.42. The molecule has 1 N–H and O–H groups in total. The predicted octanol–water partition coefficient (Wildman–Crippen LogP) is 1.93. The van der Waals surface area contributed by atoms with Crippen LogP contribution in [0.3, 0.4) is 0 Å². The van der Waals surface area contributed by atoms with Gasteiger partial charge in [-0.05, 0) is 30.3 Å². The highest BCUT2D eigenvalue weighted by Crippen LogP contribution is 2.34. The van der Waals surface area contributed by atoms with Gasteiger partial charge in [-0.15, -0.1) is 4.40 Å². The van der Waals surface area contributed by atoms with Crippen molar-refractivity contribution in [2.24, 2.45) is 4.40 Å². The second-order valence-electron chi connectivity index (χ2n) is 6.17. The Labute approximate surface area is 167 Å². The van der Waals surface area contributed by atoms with Crippen LogP contribution < -0.4 is 19.5 Å². The fourth-order valence-electron chi connectivity index (χ4n) is 2.92. The van der Waals surface area contributed by atoms with Gasteiger partial charge in [0.25, 0.3) is 5.91 Å². The summed E-state index contributed by atoms with van der Waals surface area (Å²) in [5, 5.41) is 2.68. The zero-order valence-corrected chi connectivity index (χ0v) is 16.4. The summed E-state index contributed by atoms with van der Waals surface area (Å²) in [7, 11) is -1.35. The van der Waals surface area contributed by atoms with Crippen molar-refractivity contribution in [1.82, 2.24) is 4.31 Å². The van der Waals surface area contributed by atoms with Gasteiger partial charge in [-0.25, -0.2) is 4.31 Å². The lowest BCUT2D eigenvalue weighted by atomic mass is 10.1. The summed E-state index contributed by atoms with van der Waals surface area (Å²) in [6, 6.07) is 11.7. The zero-order chi connectivity index (χ0) is 20.6. The molecule has 2 aromatic carbocycles. The Morgan fingerprint density at radius 3 is 2.72 bits per heavy atom. The molecule has 4 rings (SSSR count). The number of likely N-dealkylation sites (N-methyl/N-ethyl adjacent to an activating group) is 1. The van der Waals surface area contributed by atoms with Gasteiger partial charge in [0.1, 0.15) is 11.4 Å². The summed E-state index contributed by atoms with van der Waals surface area (Å²) < 4.78 is 45.5. The molecule has 0 saturated heterocycles. The van der Waals surface area contributed by atoms with E-state index in [1.165, 1.54) is 20.2 Å². The first kappa shape index (κ1) is 18.8. The van der Waals surface area contributed by atoms with E-state index in [9.17, 15) is 13.2 Å². The number of nitrogens with one attached hydrogen (secondary N) is 1. The molecule has 2 aliphatic heterocycles. The molecule has 0 bridgehead atoms. The van der Waals surface area contributed by atoms with Gasteiger partial charge in [0.05, 0.1) is 12.8 Å². The Morgan fingerprint density at radius 1 is 1.17 bits per heavy atom. The molecule has 0 fully saturated rings. The molecule has 0 radical (unpaired) electrons. The van der Waals surface area contributed by atoms with Gasteiger partial charge in [0, 0.05) is 24.4 Å². The highest BCUT2D eigenvalue weighted by molar-refractivity contribution is 7.88. The summed E-state index contributed by atoms with van der Waals surface area (Å²) in [6.07, 6.45) is 1.40. The SMILES string of the molecule is COc1ccccc1C1=NS(=O)(=O)N(C)C(C(=O)Nc2ccc3c(c2)OCO3)=C1. The number of carbonyl (C=O) groups is 1. The van der Waals surface area contributed by atoms with Crippen molar-refractivity contribution in [3.05, 3.63) is 59.8 Å². The molecular weight excluding hydrogens is 398 g/mol. The number of carbonyl (C=O) groups excluding carboxylic acids is 1. The van der Waals surface area contributed by atoms with E-state index in [2.05, 4.69) is 9.71 Å². The van der Waals surface area contributed by atoms with Crippen LogP contribution in [0.5, 0.6) is 17.2 Å². The van der Waals surface area contributed by atoms with Gasteiger partial charge in [0.2, 0.25) is 6.79 Å². The largest absolute Gasteiger partial charge is 0.496 e. The van der Waals surface area contributed by atoms with Crippen LogP contribution in [-0.4, -0.2) is 45.3 Å². The smallest absolute Gasteiger partial charge is 0.345 e. The van der Waals surface area contributed by atoms with Crippen LogP contribution in [0.25, 0.3) is 0 Å². The van der Waals surface area contributed by atoms with E-state index in [0.29, 0.717) is 28.5 Å². The molecule has 0 spiro atoms. The third kappa shape index (κ3) is 3.49. The standard InChI is InChI=1S/C19H17N3O6S/c1-22-15(19(23)20-12-7-8-17-18(9-12)28-11-27-17)10-14(21-29(22,24)25)13-5-3-4-6-16(13)26-2/h3-10H,11H2,1-2H3,(H,20,23). The van der Waals surface area contributed by atoms with Gasteiger partial charge >= 0.3 is 10.2 Å². The van der Waals surface area contributed by atoms with Gasteiger partial charge in [-0.2, -0.15) is 8.42 Å². The van der Waals surface area contributed by atoms with E-state index in [4.69, 9.17) is 14.2 Å². The Kier molecular flexibility index (Phi) is 4.63. The molecule has 1 amide bonds. The van der Waals surface area contributed by atoms with E-state index in [1.807, 2.05) is 0 Å². The monoisotopic (exact) mass is 415 g/mol. The lowest BCUT2D eigenvalue weighted by molar-refractivity contribution is -0.113. The average molecular weight is 415 g/mol. The number of anilines is 1. The first-order chi connectivity index (χ1) is 13.9. The van der Waals surface area contributed by atoms with Crippen molar-refractivity contribution in [2.45, 2.75) is 0 Å². The maximum Gasteiger partial charge on any atom is 0.345 e. The van der Waals surface area contributed by atoms with Crippen LogP contribution in [0.1, 0.15) is 5.56 Å². The second kappa shape index (κ2) is 7.13. The van der Waals surface area contributed by atoms with Crippen molar-refractivity contribution in [1.29, 1.82) is 0 Å². The fraction of sp³-hybridized carbons (Fsp3) is 0.158. The fourth-order valence-corrected chi connectivity index (χ4v) is 3.82. The van der Waals surface area contributed by atoms with Crippen LogP contribution in [0.2, 0.25) is 0 Å². The molecule has 2 heterocycles. The second-order valence-corrected chi connectivity index (χ2v) is 7.80. The Bertz CT molecular complexity index is 1160. The van der Waals surface area contributed by atoms with Crippen molar-refractivity contribution in [3.8, 4) is 17.2 Å². The van der Waals surface area contributed by atoms with Gasteiger partial charge in [-0.3, -0.25) is 4.79 Å². The number of allylic oxidation sites excluding steroid dienone is 1. The lowest BCUT2D eigenvalue weighted by Crippen LogP contribution is -2.35. The van der Waals surface area contributed by atoms with E-state index in [1.54, 1.807) is 42.5 Å². The van der Waals surface area contributed by atoms with Gasteiger partial charge in [0.15, 0.2) is 11.5 Å². The topological polar surface area (TPSA) is 107 Å². The molecule has 0 unspecified atom stereocenters. The highest BCUT2D eigenvalue weighted by Gasteiger charge is 2.31. The summed E-state index contributed by atoms with van der Waals surface area (Å²) in [6.45, 7) is 0.109. The van der Waals surface area contributed by atoms with E-state index in [-0.39, 0.29) is 18.2 Å². The minimum absolute atomic E-state index is 0.0847. The maximum absolute atomic E-state index is 12.9. The number of hydrogen-bond donors (Lipinski definition) is 1. The predicted molar refractivity (Wildman–Crippen MR) is 105 cm³/mol. The number of ether oxygens (including phenoxy) is 3. The van der Waals surface area contributed by atoms with E-state index in [0.717, 1.165) is 4.31 Å². The molecule has 150 valence electrons. The Balaban J connectivity index is 1.68. The molecule has 0 atom stereocenters. The summed E-state index contributed by atoms with van der Waals surface area (Å²) in [5.74, 6) is 0.901. The van der Waals surface area contributed by atoms with Crippen LogP contribution >= 0.6 is 0 Å². The average Bonchev–Trinajstić information content (AvgIpc) is 3.17. The van der Waals surface area contributed by atoms with Crippen LogP contribution in [0.4, 0.5) is 5.69 Å². The van der Waals surface area contributed by atoms with Crippen LogP contribution in [-0.2, 0) is 15.0 Å². The van der Waals surface area contributed by atoms with E-state index >= 15 is 0 Å². The highest BCUT2D eigenvalue weighted by atomic mass is 32.2. The van der Waals surface area contributed by atoms with E-state index < -0.39 is 16.1 Å². The molecule has 0 saturated carbocycles. The molecule has 2 aliphatic rings. The maximum atomic E-state index is 12.9. The number of hydrogen-bond acceptors (Lipinski definition) is 6. The van der Waals surface area contributed by atoms with Gasteiger partial charge in [-0.1, -0.05) is 12.1 Å². The number of methoxy groups -OCH3 is 1. The minimum atomic E-state index is -4.09. The Hall–Kier alpha value is -3.53. The van der Waals surface area contributed by atoms with Crippen molar-refractivity contribution in [2.75, 3.05) is 26.3 Å². The van der Waals surface area contributed by atoms with Crippen molar-refractivity contribution >= 4 is 27.5 Å². The summed E-state index contributed by atoms with van der Waals surface area (Å²) in [4.78, 5) is 12.9. The number of rotatable bonds is 4. The molecule has 0 aliphatic carbocycles. The number of para-hydroxylation sites is 1. The third-order valence-corrected chi connectivity index (χ3v) is 5.73. The number of amides is 1. The normalized spacial score (nSPS) is 16.7. The minimum Gasteiger partial charge on any atom is -0.496 e. The molecule has 0 aromatic heterocycles. The Morgan fingerprint density at radius 2 is 1.93 bits per heavy atom.